The molecular weight excluding hydrogens is 230 g/mol. The maximum absolute atomic E-state index is 11.4. The van der Waals surface area contributed by atoms with Gasteiger partial charge in [-0.15, -0.1) is 0 Å². The van der Waals surface area contributed by atoms with Crippen LogP contribution < -0.4 is 10.5 Å². The largest absolute Gasteiger partial charge is 0.352 e. The van der Waals surface area contributed by atoms with Crippen molar-refractivity contribution in [1.82, 2.24) is 9.97 Å². The molecule has 1 aliphatic heterocycles. The van der Waals surface area contributed by atoms with Crippen LogP contribution in [-0.2, 0) is 9.84 Å². The first kappa shape index (κ1) is 11.1. The molecule has 1 aromatic rings. The first-order valence-electron chi connectivity index (χ1n) is 5.00. The summed E-state index contributed by atoms with van der Waals surface area (Å²) >= 11 is 0. The molecule has 0 spiro atoms. The van der Waals surface area contributed by atoms with Gasteiger partial charge in [-0.2, -0.15) is 0 Å². The average molecular weight is 243 g/mol. The summed E-state index contributed by atoms with van der Waals surface area (Å²) in [6.45, 7) is 2.21. The first-order valence-corrected chi connectivity index (χ1v) is 6.82. The van der Waals surface area contributed by atoms with Crippen LogP contribution in [0.1, 0.15) is 6.92 Å². The first-order chi connectivity index (χ1) is 7.48. The van der Waals surface area contributed by atoms with Crippen molar-refractivity contribution in [3.63, 3.8) is 0 Å². The summed E-state index contributed by atoms with van der Waals surface area (Å²) in [5.74, 6) is 0.763. The predicted octanol–water partition coefficient (Wildman–Crippen LogP) is -0.607. The van der Waals surface area contributed by atoms with Gasteiger partial charge in [-0.3, -0.25) is 4.79 Å². The fourth-order valence-corrected chi connectivity index (χ4v) is 3.41. The van der Waals surface area contributed by atoms with E-state index >= 15 is 0 Å². The van der Waals surface area contributed by atoms with Crippen LogP contribution in [0.3, 0.4) is 0 Å². The molecule has 6 nitrogen and oxygen atoms in total. The Kier molecular flexibility index (Phi) is 2.71. The molecule has 0 saturated carbocycles. The van der Waals surface area contributed by atoms with E-state index in [4.69, 9.17) is 0 Å². The Labute approximate surface area is 93.2 Å². The Hall–Kier alpha value is -1.37. The lowest BCUT2D eigenvalue weighted by Crippen LogP contribution is -2.47. The smallest absolute Gasteiger partial charge is 0.252 e. The van der Waals surface area contributed by atoms with Gasteiger partial charge in [0.25, 0.3) is 5.56 Å². The van der Waals surface area contributed by atoms with Crippen molar-refractivity contribution in [2.45, 2.75) is 13.0 Å². The molecule has 1 fully saturated rings. The molecule has 1 atom stereocenters. The third-order valence-corrected chi connectivity index (χ3v) is 4.42. The van der Waals surface area contributed by atoms with Gasteiger partial charge in [-0.05, 0) is 6.92 Å². The summed E-state index contributed by atoms with van der Waals surface area (Å²) in [5, 5.41) is 0. The monoisotopic (exact) mass is 243 g/mol. The van der Waals surface area contributed by atoms with Crippen LogP contribution in [0.5, 0.6) is 0 Å². The number of rotatable bonds is 1. The lowest BCUT2D eigenvalue weighted by Gasteiger charge is -2.33. The summed E-state index contributed by atoms with van der Waals surface area (Å²) in [6, 6.07) is 1.24. The number of aromatic nitrogens is 2. The molecule has 88 valence electrons. The van der Waals surface area contributed by atoms with Crippen LogP contribution in [0.15, 0.2) is 17.2 Å². The SMILES string of the molecule is CC1CS(=O)(=O)CCN1c1cc(=O)[nH]cn1. The second kappa shape index (κ2) is 3.89. The predicted molar refractivity (Wildman–Crippen MR) is 60.3 cm³/mol. The lowest BCUT2D eigenvalue weighted by atomic mass is 10.3. The molecule has 1 saturated heterocycles. The third-order valence-electron chi connectivity index (χ3n) is 2.63. The van der Waals surface area contributed by atoms with E-state index in [0.29, 0.717) is 12.4 Å². The zero-order chi connectivity index (χ0) is 11.8. The minimum Gasteiger partial charge on any atom is -0.352 e. The van der Waals surface area contributed by atoms with Gasteiger partial charge >= 0.3 is 0 Å². The van der Waals surface area contributed by atoms with Crippen molar-refractivity contribution in [1.29, 1.82) is 0 Å². The van der Waals surface area contributed by atoms with Gasteiger partial charge in [0.05, 0.1) is 17.8 Å². The normalized spacial score (nSPS) is 24.3. The van der Waals surface area contributed by atoms with Gasteiger partial charge in [0, 0.05) is 18.7 Å². The van der Waals surface area contributed by atoms with E-state index in [1.165, 1.54) is 12.4 Å². The molecule has 1 aliphatic rings. The summed E-state index contributed by atoms with van der Waals surface area (Å²) in [5.41, 5.74) is -0.231. The highest BCUT2D eigenvalue weighted by molar-refractivity contribution is 7.91. The van der Waals surface area contributed by atoms with Gasteiger partial charge in [-0.25, -0.2) is 13.4 Å². The Bertz CT molecular complexity index is 537. The number of nitrogens with zero attached hydrogens (tertiary/aromatic N) is 2. The number of sulfone groups is 1. The number of nitrogens with one attached hydrogen (secondary N) is 1. The summed E-state index contributed by atoms with van der Waals surface area (Å²) < 4.78 is 22.8. The lowest BCUT2D eigenvalue weighted by molar-refractivity contribution is 0.566. The van der Waals surface area contributed by atoms with Crippen LogP contribution in [0, 0.1) is 0 Å². The van der Waals surface area contributed by atoms with Gasteiger partial charge in [-0.1, -0.05) is 0 Å². The quantitative estimate of drug-likeness (QED) is 0.711. The maximum atomic E-state index is 11.4. The van der Waals surface area contributed by atoms with E-state index in [1.54, 1.807) is 0 Å². The highest BCUT2D eigenvalue weighted by atomic mass is 32.2. The van der Waals surface area contributed by atoms with Crippen LogP contribution in [0.2, 0.25) is 0 Å². The zero-order valence-electron chi connectivity index (χ0n) is 8.88. The molecule has 0 amide bonds. The Morgan fingerprint density at radius 1 is 1.56 bits per heavy atom. The fraction of sp³-hybridized carbons (Fsp3) is 0.556. The summed E-state index contributed by atoms with van der Waals surface area (Å²) in [6.07, 6.45) is 1.33. The van der Waals surface area contributed by atoms with Gasteiger partial charge in [0.2, 0.25) is 0 Å². The third kappa shape index (κ3) is 2.24. The number of aromatic amines is 1. The van der Waals surface area contributed by atoms with Crippen LogP contribution >= 0.6 is 0 Å². The van der Waals surface area contributed by atoms with Crippen molar-refractivity contribution >= 4 is 15.7 Å². The van der Waals surface area contributed by atoms with Crippen molar-refractivity contribution in [3.05, 3.63) is 22.7 Å². The van der Waals surface area contributed by atoms with Gasteiger partial charge < -0.3 is 9.88 Å². The van der Waals surface area contributed by atoms with Crippen molar-refractivity contribution in [3.8, 4) is 0 Å². The second-order valence-electron chi connectivity index (χ2n) is 3.93. The molecule has 2 heterocycles. The molecule has 1 N–H and O–H groups in total. The Morgan fingerprint density at radius 3 is 2.94 bits per heavy atom. The van der Waals surface area contributed by atoms with Crippen molar-refractivity contribution in [2.75, 3.05) is 23.0 Å². The minimum atomic E-state index is -2.94. The molecule has 1 aromatic heterocycles. The highest BCUT2D eigenvalue weighted by Gasteiger charge is 2.28. The number of hydrogen-bond acceptors (Lipinski definition) is 5. The zero-order valence-corrected chi connectivity index (χ0v) is 9.70. The minimum absolute atomic E-state index is 0.113. The van der Waals surface area contributed by atoms with Gasteiger partial charge in [0.15, 0.2) is 9.84 Å². The van der Waals surface area contributed by atoms with E-state index in [1.807, 2.05) is 11.8 Å². The fourth-order valence-electron chi connectivity index (χ4n) is 1.85. The molecular formula is C9H13N3O3S. The molecule has 7 heteroatoms. The number of H-pyrrole nitrogens is 1. The Balaban J connectivity index is 2.27. The van der Waals surface area contributed by atoms with Gasteiger partial charge in [0.1, 0.15) is 5.82 Å². The highest BCUT2D eigenvalue weighted by Crippen LogP contribution is 2.17. The standard InChI is InChI=1S/C9H13N3O3S/c1-7-5-16(14,15)3-2-12(7)8-4-9(13)11-6-10-8/h4,6-7H,2-3,5H2,1H3,(H,10,11,13). The topological polar surface area (TPSA) is 83.1 Å². The van der Waals surface area contributed by atoms with Crippen molar-refractivity contribution in [2.24, 2.45) is 0 Å². The molecule has 16 heavy (non-hydrogen) atoms. The van der Waals surface area contributed by atoms with Crippen LogP contribution in [0.4, 0.5) is 5.82 Å². The number of hydrogen-bond donors (Lipinski definition) is 1. The second-order valence-corrected chi connectivity index (χ2v) is 6.15. The molecule has 0 aliphatic carbocycles. The number of anilines is 1. The molecule has 1 unspecified atom stereocenters. The molecule has 0 aromatic carbocycles. The summed E-state index contributed by atoms with van der Waals surface area (Å²) in [7, 11) is -2.94. The van der Waals surface area contributed by atoms with Crippen LogP contribution in [0.25, 0.3) is 0 Å². The Morgan fingerprint density at radius 2 is 2.31 bits per heavy atom. The van der Waals surface area contributed by atoms with E-state index in [-0.39, 0.29) is 23.1 Å². The van der Waals surface area contributed by atoms with E-state index in [9.17, 15) is 13.2 Å². The summed E-state index contributed by atoms with van der Waals surface area (Å²) in [4.78, 5) is 19.4. The maximum Gasteiger partial charge on any atom is 0.252 e. The van der Waals surface area contributed by atoms with E-state index < -0.39 is 9.84 Å². The molecule has 2 rings (SSSR count). The molecule has 0 bridgehead atoms. The van der Waals surface area contributed by atoms with Crippen molar-refractivity contribution < 1.29 is 8.42 Å². The van der Waals surface area contributed by atoms with E-state index in [2.05, 4.69) is 9.97 Å². The van der Waals surface area contributed by atoms with Crippen LogP contribution in [-0.4, -0.2) is 42.5 Å². The average Bonchev–Trinajstić information content (AvgIpc) is 2.15. The van der Waals surface area contributed by atoms with E-state index in [0.717, 1.165) is 0 Å². The molecule has 0 radical (unpaired) electrons.